The Bertz CT molecular complexity index is 344. The average Bonchev–Trinajstić information content (AvgIpc) is 2.27. The van der Waals surface area contributed by atoms with Crippen molar-refractivity contribution in [3.05, 3.63) is 22.2 Å². The van der Waals surface area contributed by atoms with Crippen LogP contribution in [-0.2, 0) is 0 Å². The molecular formula is C10H12BrClO3. The molecule has 1 rings (SSSR count). The van der Waals surface area contributed by atoms with E-state index in [0.717, 1.165) is 4.47 Å². The van der Waals surface area contributed by atoms with Crippen molar-refractivity contribution in [2.24, 2.45) is 0 Å². The van der Waals surface area contributed by atoms with E-state index in [1.54, 1.807) is 26.4 Å². The summed E-state index contributed by atoms with van der Waals surface area (Å²) in [5.74, 6) is 1.33. The summed E-state index contributed by atoms with van der Waals surface area (Å²) < 4.78 is 11.0. The molecule has 3 nitrogen and oxygen atoms in total. The van der Waals surface area contributed by atoms with Crippen LogP contribution in [0.15, 0.2) is 16.6 Å². The molecular weight excluding hydrogens is 283 g/mol. The van der Waals surface area contributed by atoms with Crippen molar-refractivity contribution in [1.82, 2.24) is 0 Å². The van der Waals surface area contributed by atoms with E-state index in [4.69, 9.17) is 21.1 Å². The van der Waals surface area contributed by atoms with Gasteiger partial charge in [0, 0.05) is 5.56 Å². The summed E-state index contributed by atoms with van der Waals surface area (Å²) in [6, 6.07) is 3.44. The summed E-state index contributed by atoms with van der Waals surface area (Å²) in [5.41, 5.74) is 0.618. The lowest BCUT2D eigenvalue weighted by Gasteiger charge is -2.15. The molecule has 1 atom stereocenters. The first kappa shape index (κ1) is 12.6. The molecule has 0 saturated heterocycles. The van der Waals surface area contributed by atoms with Gasteiger partial charge in [0.25, 0.3) is 0 Å². The first-order chi connectivity index (χ1) is 7.13. The third-order valence-corrected chi connectivity index (χ3v) is 2.92. The predicted molar refractivity (Wildman–Crippen MR) is 62.9 cm³/mol. The van der Waals surface area contributed by atoms with Crippen molar-refractivity contribution in [2.45, 2.75) is 6.10 Å². The van der Waals surface area contributed by atoms with Crippen molar-refractivity contribution in [2.75, 3.05) is 20.1 Å². The molecule has 0 saturated carbocycles. The van der Waals surface area contributed by atoms with Crippen LogP contribution in [0.4, 0.5) is 0 Å². The van der Waals surface area contributed by atoms with Gasteiger partial charge in [-0.2, -0.15) is 0 Å². The molecule has 0 bridgehead atoms. The minimum atomic E-state index is -0.761. The molecule has 1 aromatic carbocycles. The molecule has 0 aliphatic carbocycles. The van der Waals surface area contributed by atoms with Crippen LogP contribution in [0.25, 0.3) is 0 Å². The summed E-state index contributed by atoms with van der Waals surface area (Å²) in [5, 5.41) is 9.67. The fraction of sp³-hybridized carbons (Fsp3) is 0.400. The molecule has 0 radical (unpaired) electrons. The summed E-state index contributed by atoms with van der Waals surface area (Å²) in [4.78, 5) is 0. The van der Waals surface area contributed by atoms with Gasteiger partial charge < -0.3 is 14.6 Å². The van der Waals surface area contributed by atoms with Crippen LogP contribution in [0.3, 0.4) is 0 Å². The zero-order chi connectivity index (χ0) is 11.4. The lowest BCUT2D eigenvalue weighted by Crippen LogP contribution is -2.02. The zero-order valence-electron chi connectivity index (χ0n) is 8.46. The van der Waals surface area contributed by atoms with E-state index in [2.05, 4.69) is 15.9 Å². The fourth-order valence-electron chi connectivity index (χ4n) is 1.23. The highest BCUT2D eigenvalue weighted by Gasteiger charge is 2.15. The largest absolute Gasteiger partial charge is 0.496 e. The standard InChI is InChI=1S/C10H12BrClO3/c1-14-9-4-7(11)10(15-2)3-6(9)8(13)5-12/h3-4,8,13H,5H2,1-2H3/t8-/m0/s1. The Morgan fingerprint density at radius 2 is 1.93 bits per heavy atom. The smallest absolute Gasteiger partial charge is 0.133 e. The average molecular weight is 296 g/mol. The van der Waals surface area contributed by atoms with Gasteiger partial charge in [0.1, 0.15) is 11.5 Å². The molecule has 0 heterocycles. The highest BCUT2D eigenvalue weighted by atomic mass is 79.9. The third-order valence-electron chi connectivity index (χ3n) is 2.01. The van der Waals surface area contributed by atoms with Gasteiger partial charge in [-0.25, -0.2) is 0 Å². The second-order valence-electron chi connectivity index (χ2n) is 2.90. The Balaban J connectivity index is 3.22. The second kappa shape index (κ2) is 5.58. The summed E-state index contributed by atoms with van der Waals surface area (Å²) >= 11 is 8.93. The van der Waals surface area contributed by atoms with Crippen molar-refractivity contribution in [1.29, 1.82) is 0 Å². The molecule has 5 heteroatoms. The summed E-state index contributed by atoms with van der Waals surface area (Å²) in [6.07, 6.45) is -0.761. The van der Waals surface area contributed by atoms with Crippen LogP contribution in [0.1, 0.15) is 11.7 Å². The van der Waals surface area contributed by atoms with Gasteiger partial charge in [-0.05, 0) is 28.1 Å². The van der Waals surface area contributed by atoms with E-state index in [9.17, 15) is 5.11 Å². The Morgan fingerprint density at radius 3 is 2.40 bits per heavy atom. The van der Waals surface area contributed by atoms with Gasteiger partial charge in [-0.1, -0.05) is 0 Å². The Kier molecular flexibility index (Phi) is 4.70. The number of hydrogen-bond donors (Lipinski definition) is 1. The van der Waals surface area contributed by atoms with Crippen molar-refractivity contribution in [3.63, 3.8) is 0 Å². The fourth-order valence-corrected chi connectivity index (χ4v) is 1.88. The molecule has 84 valence electrons. The van der Waals surface area contributed by atoms with E-state index >= 15 is 0 Å². The first-order valence-corrected chi connectivity index (χ1v) is 5.62. The van der Waals surface area contributed by atoms with Gasteiger partial charge in [0.2, 0.25) is 0 Å². The van der Waals surface area contributed by atoms with Crippen LogP contribution in [0.2, 0.25) is 0 Å². The van der Waals surface area contributed by atoms with Crippen LogP contribution in [-0.4, -0.2) is 25.2 Å². The topological polar surface area (TPSA) is 38.7 Å². The SMILES string of the molecule is COc1cc([C@@H](O)CCl)c(OC)cc1Br. The van der Waals surface area contributed by atoms with Crippen LogP contribution < -0.4 is 9.47 Å². The van der Waals surface area contributed by atoms with Crippen LogP contribution in [0.5, 0.6) is 11.5 Å². The maximum Gasteiger partial charge on any atom is 0.133 e. The van der Waals surface area contributed by atoms with E-state index in [1.807, 2.05) is 0 Å². The van der Waals surface area contributed by atoms with E-state index in [1.165, 1.54) is 0 Å². The number of aliphatic hydroxyl groups is 1. The molecule has 1 aromatic rings. The molecule has 15 heavy (non-hydrogen) atoms. The van der Waals surface area contributed by atoms with E-state index < -0.39 is 6.10 Å². The highest BCUT2D eigenvalue weighted by molar-refractivity contribution is 9.10. The van der Waals surface area contributed by atoms with Gasteiger partial charge >= 0.3 is 0 Å². The lowest BCUT2D eigenvalue weighted by atomic mass is 10.1. The number of benzene rings is 1. The Morgan fingerprint density at radius 1 is 1.33 bits per heavy atom. The molecule has 0 aliphatic rings. The number of alkyl halides is 1. The molecule has 0 aromatic heterocycles. The van der Waals surface area contributed by atoms with Crippen molar-refractivity contribution >= 4 is 27.5 Å². The maximum absolute atomic E-state index is 9.67. The minimum Gasteiger partial charge on any atom is -0.496 e. The molecule has 0 amide bonds. The molecule has 0 fully saturated rings. The number of halogens is 2. The zero-order valence-corrected chi connectivity index (χ0v) is 10.8. The first-order valence-electron chi connectivity index (χ1n) is 4.29. The van der Waals surface area contributed by atoms with Gasteiger partial charge in [0.15, 0.2) is 0 Å². The summed E-state index contributed by atoms with van der Waals surface area (Å²) in [7, 11) is 3.10. The Hall–Kier alpha value is -0.450. The number of ether oxygens (including phenoxy) is 2. The quantitative estimate of drug-likeness (QED) is 0.868. The van der Waals surface area contributed by atoms with Crippen LogP contribution >= 0.6 is 27.5 Å². The van der Waals surface area contributed by atoms with Gasteiger partial charge in [-0.3, -0.25) is 0 Å². The van der Waals surface area contributed by atoms with Gasteiger partial charge in [-0.15, -0.1) is 11.6 Å². The minimum absolute atomic E-state index is 0.112. The predicted octanol–water partition coefficient (Wildman–Crippen LogP) is 2.74. The number of methoxy groups -OCH3 is 2. The number of aliphatic hydroxyl groups excluding tert-OH is 1. The highest BCUT2D eigenvalue weighted by Crippen LogP contribution is 2.36. The molecule has 0 spiro atoms. The molecule has 1 N–H and O–H groups in total. The normalized spacial score (nSPS) is 12.3. The molecule has 0 aliphatic heterocycles. The van der Waals surface area contributed by atoms with E-state index in [0.29, 0.717) is 17.1 Å². The second-order valence-corrected chi connectivity index (χ2v) is 4.06. The Labute approximate surface area is 102 Å². The number of rotatable bonds is 4. The van der Waals surface area contributed by atoms with Gasteiger partial charge in [0.05, 0.1) is 30.7 Å². The lowest BCUT2D eigenvalue weighted by molar-refractivity contribution is 0.197. The van der Waals surface area contributed by atoms with Crippen LogP contribution in [0, 0.1) is 0 Å². The number of hydrogen-bond acceptors (Lipinski definition) is 3. The van der Waals surface area contributed by atoms with Crippen molar-refractivity contribution in [3.8, 4) is 11.5 Å². The molecule has 0 unspecified atom stereocenters. The van der Waals surface area contributed by atoms with Crippen molar-refractivity contribution < 1.29 is 14.6 Å². The monoisotopic (exact) mass is 294 g/mol. The maximum atomic E-state index is 9.67. The summed E-state index contributed by atoms with van der Waals surface area (Å²) in [6.45, 7) is 0. The van der Waals surface area contributed by atoms with E-state index in [-0.39, 0.29) is 5.88 Å². The third kappa shape index (κ3) is 2.77.